The summed E-state index contributed by atoms with van der Waals surface area (Å²) in [6.07, 6.45) is 0. The minimum atomic E-state index is 0.216. The minimum absolute atomic E-state index is 0.216. The third-order valence-electron chi connectivity index (χ3n) is 4.63. The summed E-state index contributed by atoms with van der Waals surface area (Å²) in [4.78, 5) is 5.00. The fourth-order valence-electron chi connectivity index (χ4n) is 3.32. The Hall–Kier alpha value is -1.30. The molecule has 2 unspecified atom stereocenters. The van der Waals surface area contributed by atoms with Crippen molar-refractivity contribution < 1.29 is 9.47 Å². The van der Waals surface area contributed by atoms with E-state index in [0.717, 1.165) is 37.7 Å². The van der Waals surface area contributed by atoms with Crippen molar-refractivity contribution in [3.8, 4) is 11.5 Å². The molecule has 22 heavy (non-hydrogen) atoms. The Morgan fingerprint density at radius 2 is 1.95 bits per heavy atom. The summed E-state index contributed by atoms with van der Waals surface area (Å²) < 4.78 is 10.8. The summed E-state index contributed by atoms with van der Waals surface area (Å²) in [5.41, 5.74) is 7.29. The van der Waals surface area contributed by atoms with Crippen molar-refractivity contribution in [3.05, 3.63) is 23.8 Å². The summed E-state index contributed by atoms with van der Waals surface area (Å²) >= 11 is 0. The van der Waals surface area contributed by atoms with Gasteiger partial charge in [0.05, 0.1) is 14.2 Å². The van der Waals surface area contributed by atoms with E-state index in [1.807, 2.05) is 6.07 Å². The summed E-state index contributed by atoms with van der Waals surface area (Å²) in [5.74, 6) is 1.52. The van der Waals surface area contributed by atoms with Crippen LogP contribution in [0.3, 0.4) is 0 Å². The molecule has 0 aliphatic carbocycles. The van der Waals surface area contributed by atoms with Crippen LogP contribution in [0.2, 0.25) is 0 Å². The maximum Gasteiger partial charge on any atom is 0.161 e. The van der Waals surface area contributed by atoms with Crippen molar-refractivity contribution >= 4 is 0 Å². The van der Waals surface area contributed by atoms with Crippen LogP contribution in [-0.4, -0.2) is 62.8 Å². The van der Waals surface area contributed by atoms with Crippen LogP contribution in [0.15, 0.2) is 18.2 Å². The number of nitrogens with two attached hydrogens (primary N) is 1. The number of benzene rings is 1. The van der Waals surface area contributed by atoms with Crippen molar-refractivity contribution in [2.24, 2.45) is 5.73 Å². The lowest BCUT2D eigenvalue weighted by Gasteiger charge is -2.43. The van der Waals surface area contributed by atoms with Crippen molar-refractivity contribution in [1.82, 2.24) is 9.80 Å². The van der Waals surface area contributed by atoms with Gasteiger partial charge in [-0.2, -0.15) is 0 Å². The first-order chi connectivity index (χ1) is 10.6. The zero-order chi connectivity index (χ0) is 16.1. The second-order valence-corrected chi connectivity index (χ2v) is 5.85. The third-order valence-corrected chi connectivity index (χ3v) is 4.63. The minimum Gasteiger partial charge on any atom is -0.493 e. The maximum absolute atomic E-state index is 6.10. The first-order valence-electron chi connectivity index (χ1n) is 8.04. The second kappa shape index (κ2) is 7.81. The molecule has 5 nitrogen and oxygen atoms in total. The molecule has 1 heterocycles. The zero-order valence-electron chi connectivity index (χ0n) is 14.2. The first-order valence-corrected chi connectivity index (χ1v) is 8.04. The van der Waals surface area contributed by atoms with E-state index in [9.17, 15) is 0 Å². The smallest absolute Gasteiger partial charge is 0.161 e. The van der Waals surface area contributed by atoms with Crippen LogP contribution in [0.25, 0.3) is 0 Å². The Balaban J connectivity index is 2.21. The largest absolute Gasteiger partial charge is 0.493 e. The van der Waals surface area contributed by atoms with Gasteiger partial charge in [0.25, 0.3) is 0 Å². The molecular formula is C17H29N3O2. The monoisotopic (exact) mass is 307 g/mol. The van der Waals surface area contributed by atoms with Crippen LogP contribution in [0.4, 0.5) is 0 Å². The molecule has 1 aromatic rings. The van der Waals surface area contributed by atoms with Crippen LogP contribution in [0.1, 0.15) is 25.5 Å². The Labute approximate surface area is 134 Å². The van der Waals surface area contributed by atoms with Crippen molar-refractivity contribution in [3.63, 3.8) is 0 Å². The number of piperazine rings is 1. The molecule has 1 saturated heterocycles. The number of ether oxygens (including phenoxy) is 2. The summed E-state index contributed by atoms with van der Waals surface area (Å²) in [6.45, 7) is 9.46. The van der Waals surface area contributed by atoms with Gasteiger partial charge in [-0.05, 0) is 31.2 Å². The lowest BCUT2D eigenvalue weighted by atomic mass is 10.0. The lowest BCUT2D eigenvalue weighted by Crippen LogP contribution is -2.53. The SMILES string of the molecule is CCN1CCN(C(CN)c2ccc(OC)c(OC)c2)C(C)C1. The summed E-state index contributed by atoms with van der Waals surface area (Å²) in [7, 11) is 3.33. The van der Waals surface area contributed by atoms with Gasteiger partial charge in [-0.15, -0.1) is 0 Å². The van der Waals surface area contributed by atoms with E-state index in [-0.39, 0.29) is 6.04 Å². The van der Waals surface area contributed by atoms with Gasteiger partial charge in [0.15, 0.2) is 11.5 Å². The average molecular weight is 307 g/mol. The average Bonchev–Trinajstić information content (AvgIpc) is 2.56. The van der Waals surface area contributed by atoms with Crippen molar-refractivity contribution in [2.45, 2.75) is 25.9 Å². The van der Waals surface area contributed by atoms with E-state index >= 15 is 0 Å². The number of hydrogen-bond acceptors (Lipinski definition) is 5. The lowest BCUT2D eigenvalue weighted by molar-refractivity contribution is 0.0535. The van der Waals surface area contributed by atoms with E-state index in [0.29, 0.717) is 12.6 Å². The molecule has 2 N–H and O–H groups in total. The molecule has 2 atom stereocenters. The molecule has 0 radical (unpaired) electrons. The number of methoxy groups -OCH3 is 2. The second-order valence-electron chi connectivity index (χ2n) is 5.85. The normalized spacial score (nSPS) is 21.6. The molecule has 0 spiro atoms. The molecule has 1 aromatic carbocycles. The quantitative estimate of drug-likeness (QED) is 0.867. The van der Waals surface area contributed by atoms with Gasteiger partial charge in [0, 0.05) is 38.3 Å². The molecule has 1 aliphatic rings. The Kier molecular flexibility index (Phi) is 6.06. The highest BCUT2D eigenvalue weighted by Gasteiger charge is 2.29. The Bertz CT molecular complexity index is 481. The highest BCUT2D eigenvalue weighted by molar-refractivity contribution is 5.44. The third kappa shape index (κ3) is 3.54. The molecule has 1 fully saturated rings. The predicted molar refractivity (Wildman–Crippen MR) is 89.6 cm³/mol. The molecular weight excluding hydrogens is 278 g/mol. The molecule has 0 bridgehead atoms. The van der Waals surface area contributed by atoms with E-state index in [2.05, 4.69) is 35.8 Å². The highest BCUT2D eigenvalue weighted by Crippen LogP contribution is 2.32. The van der Waals surface area contributed by atoms with Gasteiger partial charge in [-0.1, -0.05) is 13.0 Å². The van der Waals surface area contributed by atoms with Crippen LogP contribution >= 0.6 is 0 Å². The zero-order valence-corrected chi connectivity index (χ0v) is 14.2. The highest BCUT2D eigenvalue weighted by atomic mass is 16.5. The first kappa shape index (κ1) is 17.1. The van der Waals surface area contributed by atoms with Crippen LogP contribution < -0.4 is 15.2 Å². The molecule has 0 aromatic heterocycles. The molecule has 0 saturated carbocycles. The Morgan fingerprint density at radius 1 is 1.23 bits per heavy atom. The number of rotatable bonds is 6. The summed E-state index contributed by atoms with van der Waals surface area (Å²) in [6, 6.07) is 6.82. The van der Waals surface area contributed by atoms with Gasteiger partial charge in [0.1, 0.15) is 0 Å². The van der Waals surface area contributed by atoms with Gasteiger partial charge in [-0.3, -0.25) is 4.90 Å². The standard InChI is InChI=1S/C17H29N3O2/c1-5-19-8-9-20(13(2)12-19)15(11-18)14-6-7-16(21-3)17(10-14)22-4/h6-7,10,13,15H,5,8-9,11-12,18H2,1-4H3. The van der Waals surface area contributed by atoms with Crippen LogP contribution in [-0.2, 0) is 0 Å². The fourth-order valence-corrected chi connectivity index (χ4v) is 3.32. The van der Waals surface area contributed by atoms with Gasteiger partial charge in [-0.25, -0.2) is 0 Å². The van der Waals surface area contributed by atoms with E-state index in [4.69, 9.17) is 15.2 Å². The van der Waals surface area contributed by atoms with Gasteiger partial charge < -0.3 is 20.1 Å². The van der Waals surface area contributed by atoms with Crippen molar-refractivity contribution in [2.75, 3.05) is 46.9 Å². The fraction of sp³-hybridized carbons (Fsp3) is 0.647. The van der Waals surface area contributed by atoms with Crippen molar-refractivity contribution in [1.29, 1.82) is 0 Å². The molecule has 124 valence electrons. The molecule has 2 rings (SSSR count). The Morgan fingerprint density at radius 3 is 2.50 bits per heavy atom. The molecule has 5 heteroatoms. The molecule has 1 aliphatic heterocycles. The van der Waals surface area contributed by atoms with E-state index < -0.39 is 0 Å². The van der Waals surface area contributed by atoms with Crippen LogP contribution in [0.5, 0.6) is 11.5 Å². The topological polar surface area (TPSA) is 51.0 Å². The number of nitrogens with zero attached hydrogens (tertiary/aromatic N) is 2. The number of hydrogen-bond donors (Lipinski definition) is 1. The predicted octanol–water partition coefficient (Wildman–Crippen LogP) is 1.73. The summed E-state index contributed by atoms with van der Waals surface area (Å²) in [5, 5.41) is 0. The van der Waals surface area contributed by atoms with E-state index in [1.54, 1.807) is 14.2 Å². The molecule has 0 amide bonds. The van der Waals surface area contributed by atoms with Gasteiger partial charge in [0.2, 0.25) is 0 Å². The number of likely N-dealkylation sites (N-methyl/N-ethyl adjacent to an activating group) is 1. The van der Waals surface area contributed by atoms with Gasteiger partial charge >= 0.3 is 0 Å². The maximum atomic E-state index is 6.10. The van der Waals surface area contributed by atoms with Crippen LogP contribution in [0, 0.1) is 0 Å². The van der Waals surface area contributed by atoms with E-state index in [1.165, 1.54) is 5.56 Å².